The Bertz CT molecular complexity index is 585. The van der Waals surface area contributed by atoms with Gasteiger partial charge in [0.05, 0.1) is 18.1 Å². The molecule has 1 aliphatic heterocycles. The summed E-state index contributed by atoms with van der Waals surface area (Å²) >= 11 is 0. The Morgan fingerprint density at radius 2 is 2.19 bits per heavy atom. The normalized spacial score (nSPS) is 22.1. The van der Waals surface area contributed by atoms with E-state index in [1.807, 2.05) is 26.0 Å². The molecule has 1 fully saturated rings. The fourth-order valence-electron chi connectivity index (χ4n) is 2.47. The molecule has 1 atom stereocenters. The Morgan fingerprint density at radius 1 is 1.43 bits per heavy atom. The van der Waals surface area contributed by atoms with Crippen molar-refractivity contribution in [3.05, 3.63) is 23.8 Å². The summed E-state index contributed by atoms with van der Waals surface area (Å²) in [6, 6.07) is 5.28. The Morgan fingerprint density at radius 3 is 2.81 bits per heavy atom. The predicted molar refractivity (Wildman–Crippen MR) is 82.4 cm³/mol. The summed E-state index contributed by atoms with van der Waals surface area (Å²) in [5.74, 6) is 1.23. The van der Waals surface area contributed by atoms with Gasteiger partial charge in [-0.05, 0) is 19.4 Å². The Labute approximate surface area is 126 Å². The second kappa shape index (κ2) is 6.66. The van der Waals surface area contributed by atoms with E-state index in [9.17, 15) is 13.5 Å². The molecule has 0 radical (unpaired) electrons. The predicted octanol–water partition coefficient (Wildman–Crippen LogP) is 1.80. The van der Waals surface area contributed by atoms with Gasteiger partial charge in [-0.1, -0.05) is 13.0 Å². The van der Waals surface area contributed by atoms with Crippen LogP contribution in [0.5, 0.6) is 11.5 Å². The second-order valence-corrected chi connectivity index (χ2v) is 7.80. The van der Waals surface area contributed by atoms with Crippen molar-refractivity contribution in [2.45, 2.75) is 32.9 Å². The molecule has 1 aliphatic rings. The average molecular weight is 313 g/mol. The van der Waals surface area contributed by atoms with Crippen molar-refractivity contribution in [2.75, 3.05) is 24.7 Å². The number of phenolic OH excluding ortho intramolecular Hbond substituents is 1. The third-order valence-electron chi connectivity index (χ3n) is 3.71. The summed E-state index contributed by atoms with van der Waals surface area (Å²) in [4.78, 5) is 2.09. The highest BCUT2D eigenvalue weighted by Gasteiger charge is 2.28. The van der Waals surface area contributed by atoms with Gasteiger partial charge in [0.2, 0.25) is 0 Å². The summed E-state index contributed by atoms with van der Waals surface area (Å²) in [5, 5.41) is 10.1. The minimum atomic E-state index is -2.91. The van der Waals surface area contributed by atoms with Crippen LogP contribution in [-0.4, -0.2) is 49.1 Å². The van der Waals surface area contributed by atoms with Gasteiger partial charge in [0, 0.05) is 30.8 Å². The maximum absolute atomic E-state index is 11.6. The zero-order valence-corrected chi connectivity index (χ0v) is 13.4. The number of hydrogen-bond acceptors (Lipinski definition) is 5. The first-order valence-electron chi connectivity index (χ1n) is 7.30. The Hall–Kier alpha value is -1.27. The lowest BCUT2D eigenvalue weighted by molar-refractivity contribution is 0.215. The van der Waals surface area contributed by atoms with E-state index in [1.165, 1.54) is 0 Å². The lowest BCUT2D eigenvalue weighted by atomic mass is 10.1. The lowest BCUT2D eigenvalue weighted by Crippen LogP contribution is -2.46. The molecule has 0 amide bonds. The van der Waals surface area contributed by atoms with Crippen molar-refractivity contribution in [3.8, 4) is 11.5 Å². The van der Waals surface area contributed by atoms with Gasteiger partial charge in [0.15, 0.2) is 9.84 Å². The number of ether oxygens (including phenoxy) is 1. The van der Waals surface area contributed by atoms with Crippen LogP contribution in [0.4, 0.5) is 0 Å². The van der Waals surface area contributed by atoms with E-state index in [-0.39, 0.29) is 23.3 Å². The number of hydrogen-bond donors (Lipinski definition) is 1. The maximum atomic E-state index is 11.6. The molecule has 21 heavy (non-hydrogen) atoms. The van der Waals surface area contributed by atoms with Crippen molar-refractivity contribution < 1.29 is 18.3 Å². The molecule has 0 saturated carbocycles. The SMILES string of the molecule is CCCOc1ccc(CN2CCS(=O)(=O)CC2C)c(O)c1. The summed E-state index contributed by atoms with van der Waals surface area (Å²) in [6.07, 6.45) is 0.919. The summed E-state index contributed by atoms with van der Waals surface area (Å²) in [7, 11) is -2.91. The van der Waals surface area contributed by atoms with E-state index in [4.69, 9.17) is 4.74 Å². The van der Waals surface area contributed by atoms with Gasteiger partial charge >= 0.3 is 0 Å². The molecule has 0 spiro atoms. The van der Waals surface area contributed by atoms with Crippen LogP contribution < -0.4 is 4.74 Å². The van der Waals surface area contributed by atoms with Crippen LogP contribution in [0.25, 0.3) is 0 Å². The number of benzene rings is 1. The highest BCUT2D eigenvalue weighted by atomic mass is 32.2. The van der Waals surface area contributed by atoms with Gasteiger partial charge < -0.3 is 9.84 Å². The molecule has 2 rings (SSSR count). The first kappa shape index (κ1) is 16.1. The molecule has 1 aromatic carbocycles. The van der Waals surface area contributed by atoms with E-state index < -0.39 is 9.84 Å². The van der Waals surface area contributed by atoms with Crippen molar-refractivity contribution in [1.82, 2.24) is 4.90 Å². The van der Waals surface area contributed by atoms with Gasteiger partial charge in [0.25, 0.3) is 0 Å². The monoisotopic (exact) mass is 313 g/mol. The molecule has 1 heterocycles. The van der Waals surface area contributed by atoms with Crippen LogP contribution in [0.3, 0.4) is 0 Å². The number of rotatable bonds is 5. The van der Waals surface area contributed by atoms with Gasteiger partial charge in [-0.25, -0.2) is 8.42 Å². The van der Waals surface area contributed by atoms with E-state index in [0.29, 0.717) is 25.4 Å². The molecule has 0 aromatic heterocycles. The minimum absolute atomic E-state index is 0.0285. The highest BCUT2D eigenvalue weighted by Crippen LogP contribution is 2.26. The van der Waals surface area contributed by atoms with Crippen LogP contribution in [0, 0.1) is 0 Å². The number of phenols is 1. The van der Waals surface area contributed by atoms with Crippen molar-refractivity contribution in [2.24, 2.45) is 0 Å². The van der Waals surface area contributed by atoms with E-state index >= 15 is 0 Å². The fraction of sp³-hybridized carbons (Fsp3) is 0.600. The van der Waals surface area contributed by atoms with Crippen molar-refractivity contribution >= 4 is 9.84 Å². The zero-order valence-electron chi connectivity index (χ0n) is 12.6. The van der Waals surface area contributed by atoms with Gasteiger partial charge in [-0.15, -0.1) is 0 Å². The molecule has 5 nitrogen and oxygen atoms in total. The molecule has 1 saturated heterocycles. The van der Waals surface area contributed by atoms with Gasteiger partial charge in [-0.2, -0.15) is 0 Å². The number of sulfone groups is 1. The molecule has 6 heteroatoms. The van der Waals surface area contributed by atoms with Crippen LogP contribution >= 0.6 is 0 Å². The third kappa shape index (κ3) is 4.35. The lowest BCUT2D eigenvalue weighted by Gasteiger charge is -2.33. The molecule has 1 aromatic rings. The summed E-state index contributed by atoms with van der Waals surface area (Å²) in [5.41, 5.74) is 0.796. The van der Waals surface area contributed by atoms with Crippen LogP contribution in [-0.2, 0) is 16.4 Å². The van der Waals surface area contributed by atoms with Gasteiger partial charge in [-0.3, -0.25) is 4.90 Å². The Kier molecular flexibility index (Phi) is 5.11. The topological polar surface area (TPSA) is 66.8 Å². The molecule has 1 N–H and O–H groups in total. The summed E-state index contributed by atoms with van der Waals surface area (Å²) in [6.45, 7) is 5.62. The summed E-state index contributed by atoms with van der Waals surface area (Å²) < 4.78 is 28.6. The average Bonchev–Trinajstić information content (AvgIpc) is 2.41. The quantitative estimate of drug-likeness (QED) is 0.898. The molecular weight excluding hydrogens is 290 g/mol. The molecule has 0 bridgehead atoms. The smallest absolute Gasteiger partial charge is 0.153 e. The first-order valence-corrected chi connectivity index (χ1v) is 9.12. The number of nitrogens with zero attached hydrogens (tertiary/aromatic N) is 1. The van der Waals surface area contributed by atoms with Crippen LogP contribution in [0.2, 0.25) is 0 Å². The number of aromatic hydroxyl groups is 1. The maximum Gasteiger partial charge on any atom is 0.153 e. The molecule has 0 aliphatic carbocycles. The first-order chi connectivity index (χ1) is 9.91. The fourth-order valence-corrected chi connectivity index (χ4v) is 4.10. The van der Waals surface area contributed by atoms with Crippen molar-refractivity contribution in [3.63, 3.8) is 0 Å². The van der Waals surface area contributed by atoms with Crippen LogP contribution in [0.1, 0.15) is 25.8 Å². The van der Waals surface area contributed by atoms with E-state index in [0.717, 1.165) is 12.0 Å². The second-order valence-electron chi connectivity index (χ2n) is 5.57. The molecule has 1 unspecified atom stereocenters. The standard InChI is InChI=1S/C15H23NO4S/c1-3-7-20-14-5-4-13(15(17)9-14)10-16-6-8-21(18,19)11-12(16)2/h4-5,9,12,17H,3,6-8,10-11H2,1-2H3. The highest BCUT2D eigenvalue weighted by molar-refractivity contribution is 7.91. The largest absolute Gasteiger partial charge is 0.507 e. The molecular formula is C15H23NO4S. The third-order valence-corrected chi connectivity index (χ3v) is 5.51. The van der Waals surface area contributed by atoms with Crippen LogP contribution in [0.15, 0.2) is 18.2 Å². The van der Waals surface area contributed by atoms with Crippen molar-refractivity contribution in [1.29, 1.82) is 0 Å². The Balaban J connectivity index is 2.03. The molecule has 118 valence electrons. The minimum Gasteiger partial charge on any atom is -0.507 e. The van der Waals surface area contributed by atoms with E-state index in [2.05, 4.69) is 4.90 Å². The van der Waals surface area contributed by atoms with E-state index in [1.54, 1.807) is 6.07 Å². The zero-order chi connectivity index (χ0) is 15.5. The van der Waals surface area contributed by atoms with Gasteiger partial charge in [0.1, 0.15) is 11.5 Å².